The first kappa shape index (κ1) is 15.4. The lowest BCUT2D eigenvalue weighted by Crippen LogP contribution is -2.16. The Kier molecular flexibility index (Phi) is 6.89. The zero-order valence-electron chi connectivity index (χ0n) is 11.2. The molecule has 0 aliphatic carbocycles. The van der Waals surface area contributed by atoms with Crippen molar-refractivity contribution >= 4 is 11.9 Å². The highest BCUT2D eigenvalue weighted by Crippen LogP contribution is 2.11. The molecule has 0 aromatic heterocycles. The number of nitrogens with zero attached hydrogens (tertiary/aromatic N) is 1. The van der Waals surface area contributed by atoms with Gasteiger partial charge in [-0.2, -0.15) is 0 Å². The number of hydrogen-bond acceptors (Lipinski definition) is 4. The van der Waals surface area contributed by atoms with Crippen molar-refractivity contribution < 1.29 is 19.1 Å². The predicted octanol–water partition coefficient (Wildman–Crippen LogP) is 1.65. The number of amides is 1. The number of likely N-dealkylation sites (tertiary alicyclic amines) is 1. The highest BCUT2D eigenvalue weighted by atomic mass is 16.6. The third-order valence-electron chi connectivity index (χ3n) is 2.93. The molecule has 1 amide bonds. The summed E-state index contributed by atoms with van der Waals surface area (Å²) in [6.07, 6.45) is 6.61. The zero-order chi connectivity index (χ0) is 14.1. The number of carbonyl (C=O) groups is 2. The van der Waals surface area contributed by atoms with Crippen LogP contribution in [-0.2, 0) is 19.1 Å². The number of rotatable bonds is 4. The van der Waals surface area contributed by atoms with Crippen LogP contribution in [0.3, 0.4) is 0 Å². The fraction of sp³-hybridized carbons (Fsp3) is 0.571. The highest BCUT2D eigenvalue weighted by molar-refractivity contribution is 5.81. The van der Waals surface area contributed by atoms with Crippen LogP contribution in [0.2, 0.25) is 0 Å². The second kappa shape index (κ2) is 8.48. The topological polar surface area (TPSA) is 55.8 Å². The molecule has 0 aromatic carbocycles. The molecule has 0 radical (unpaired) electrons. The van der Waals surface area contributed by atoms with Gasteiger partial charge in [0.05, 0.1) is 6.10 Å². The summed E-state index contributed by atoms with van der Waals surface area (Å²) in [5.74, 6) is -0.166. The maximum absolute atomic E-state index is 10.7. The molecule has 0 aromatic rings. The van der Waals surface area contributed by atoms with Crippen LogP contribution in [0.5, 0.6) is 0 Å². The molecule has 1 unspecified atom stereocenters. The Balaban J connectivity index is 0.000000200. The summed E-state index contributed by atoms with van der Waals surface area (Å²) in [7, 11) is 0. The van der Waals surface area contributed by atoms with Gasteiger partial charge in [0.1, 0.15) is 6.61 Å². The fourth-order valence-electron chi connectivity index (χ4n) is 1.87. The lowest BCUT2D eigenvalue weighted by molar-refractivity contribution is -0.140. The van der Waals surface area contributed by atoms with Gasteiger partial charge in [0.2, 0.25) is 5.91 Å². The molecule has 1 atom stereocenters. The zero-order valence-corrected chi connectivity index (χ0v) is 11.2. The molecule has 5 nitrogen and oxygen atoms in total. The molecule has 2 heterocycles. The second-order valence-electron chi connectivity index (χ2n) is 4.34. The molecule has 2 aliphatic heterocycles. The van der Waals surface area contributed by atoms with Crippen molar-refractivity contribution in [3.8, 4) is 0 Å². The lowest BCUT2D eigenvalue weighted by Gasteiger charge is -2.07. The standard InChI is InChI=1S/C8H12O3.C6H9NO/c1-2-8(9)11-6-7-4-3-5-10-7;1-2-7-5-3-4-6(7)8/h2,7H,1,3-6H2;2H,1,3-5H2. The largest absolute Gasteiger partial charge is 0.460 e. The summed E-state index contributed by atoms with van der Waals surface area (Å²) < 4.78 is 10.0. The molecule has 2 rings (SSSR count). The molecule has 0 spiro atoms. The first-order chi connectivity index (χ1) is 9.17. The van der Waals surface area contributed by atoms with Gasteiger partial charge in [-0.15, -0.1) is 0 Å². The SMILES string of the molecule is C=CC(=O)OCC1CCCO1.C=CN1CCCC1=O. The van der Waals surface area contributed by atoms with E-state index in [0.717, 1.165) is 38.5 Å². The van der Waals surface area contributed by atoms with Gasteiger partial charge in [0, 0.05) is 25.6 Å². The van der Waals surface area contributed by atoms with Crippen LogP contribution in [0.15, 0.2) is 25.4 Å². The minimum Gasteiger partial charge on any atom is -0.460 e. The molecule has 19 heavy (non-hydrogen) atoms. The van der Waals surface area contributed by atoms with Gasteiger partial charge in [-0.05, 0) is 25.5 Å². The van der Waals surface area contributed by atoms with E-state index in [1.807, 2.05) is 0 Å². The van der Waals surface area contributed by atoms with Gasteiger partial charge in [-0.25, -0.2) is 4.79 Å². The van der Waals surface area contributed by atoms with E-state index >= 15 is 0 Å². The summed E-state index contributed by atoms with van der Waals surface area (Å²) in [5, 5.41) is 0. The molecule has 0 bridgehead atoms. The van der Waals surface area contributed by atoms with E-state index in [1.54, 1.807) is 11.1 Å². The van der Waals surface area contributed by atoms with Gasteiger partial charge in [-0.3, -0.25) is 4.79 Å². The molecule has 0 saturated carbocycles. The third kappa shape index (κ3) is 5.70. The Labute approximate surface area is 113 Å². The Bertz CT molecular complexity index is 334. The van der Waals surface area contributed by atoms with Crippen molar-refractivity contribution in [1.29, 1.82) is 0 Å². The Hall–Kier alpha value is -1.62. The quantitative estimate of drug-likeness (QED) is 0.574. The Morgan fingerprint density at radius 3 is 2.68 bits per heavy atom. The summed E-state index contributed by atoms with van der Waals surface area (Å²) in [6.45, 7) is 8.81. The number of hydrogen-bond donors (Lipinski definition) is 0. The van der Waals surface area contributed by atoms with E-state index in [0.29, 0.717) is 13.0 Å². The lowest BCUT2D eigenvalue weighted by atomic mass is 10.2. The number of carbonyl (C=O) groups excluding carboxylic acids is 2. The second-order valence-corrected chi connectivity index (χ2v) is 4.34. The van der Waals surface area contributed by atoms with E-state index in [4.69, 9.17) is 9.47 Å². The monoisotopic (exact) mass is 267 g/mol. The van der Waals surface area contributed by atoms with Crippen molar-refractivity contribution in [2.75, 3.05) is 19.8 Å². The van der Waals surface area contributed by atoms with Gasteiger partial charge < -0.3 is 14.4 Å². The summed E-state index contributed by atoms with van der Waals surface area (Å²) in [5.41, 5.74) is 0. The number of esters is 1. The van der Waals surface area contributed by atoms with Gasteiger partial charge in [0.15, 0.2) is 0 Å². The van der Waals surface area contributed by atoms with Gasteiger partial charge >= 0.3 is 5.97 Å². The van der Waals surface area contributed by atoms with Gasteiger partial charge in [-0.1, -0.05) is 13.2 Å². The van der Waals surface area contributed by atoms with Crippen molar-refractivity contribution in [3.63, 3.8) is 0 Å². The first-order valence-electron chi connectivity index (χ1n) is 6.50. The van der Waals surface area contributed by atoms with Crippen LogP contribution >= 0.6 is 0 Å². The van der Waals surface area contributed by atoms with E-state index in [-0.39, 0.29) is 18.0 Å². The molecule has 106 valence electrons. The van der Waals surface area contributed by atoms with E-state index in [9.17, 15) is 9.59 Å². The predicted molar refractivity (Wildman–Crippen MR) is 71.3 cm³/mol. The van der Waals surface area contributed by atoms with Crippen LogP contribution in [0.1, 0.15) is 25.7 Å². The maximum Gasteiger partial charge on any atom is 0.330 e. The van der Waals surface area contributed by atoms with E-state index < -0.39 is 0 Å². The normalized spacial score (nSPS) is 21.6. The average Bonchev–Trinajstić information content (AvgIpc) is 3.07. The summed E-state index contributed by atoms with van der Waals surface area (Å²) >= 11 is 0. The van der Waals surface area contributed by atoms with Crippen LogP contribution in [-0.4, -0.2) is 42.6 Å². The fourth-order valence-corrected chi connectivity index (χ4v) is 1.87. The van der Waals surface area contributed by atoms with Gasteiger partial charge in [0.25, 0.3) is 0 Å². The summed E-state index contributed by atoms with van der Waals surface area (Å²) in [6, 6.07) is 0. The Morgan fingerprint density at radius 1 is 1.47 bits per heavy atom. The smallest absolute Gasteiger partial charge is 0.330 e. The molecule has 2 aliphatic rings. The Morgan fingerprint density at radius 2 is 2.26 bits per heavy atom. The van der Waals surface area contributed by atoms with Crippen LogP contribution in [0, 0.1) is 0 Å². The van der Waals surface area contributed by atoms with Crippen molar-refractivity contribution in [1.82, 2.24) is 4.90 Å². The highest BCUT2D eigenvalue weighted by Gasteiger charge is 2.16. The molecular weight excluding hydrogens is 246 g/mol. The molecule has 0 N–H and O–H groups in total. The van der Waals surface area contributed by atoms with Crippen LogP contribution in [0.25, 0.3) is 0 Å². The minimum absolute atomic E-state index is 0.110. The van der Waals surface area contributed by atoms with E-state index in [1.165, 1.54) is 0 Å². The van der Waals surface area contributed by atoms with Crippen molar-refractivity contribution in [2.24, 2.45) is 0 Å². The molecule has 2 saturated heterocycles. The first-order valence-corrected chi connectivity index (χ1v) is 6.50. The molecule has 5 heteroatoms. The van der Waals surface area contributed by atoms with Crippen molar-refractivity contribution in [3.05, 3.63) is 25.4 Å². The minimum atomic E-state index is -0.375. The average molecular weight is 267 g/mol. The van der Waals surface area contributed by atoms with Crippen LogP contribution in [0.4, 0.5) is 0 Å². The van der Waals surface area contributed by atoms with Crippen LogP contribution < -0.4 is 0 Å². The maximum atomic E-state index is 10.7. The molecular formula is C14H21NO4. The summed E-state index contributed by atoms with van der Waals surface area (Å²) in [4.78, 5) is 22.9. The third-order valence-corrected chi connectivity index (χ3v) is 2.93. The molecule has 2 fully saturated rings. The van der Waals surface area contributed by atoms with Crippen molar-refractivity contribution in [2.45, 2.75) is 31.8 Å². The number of ether oxygens (including phenoxy) is 2. The van der Waals surface area contributed by atoms with E-state index in [2.05, 4.69) is 13.2 Å².